The minimum absolute atomic E-state index is 0.0466. The summed E-state index contributed by atoms with van der Waals surface area (Å²) in [5.74, 6) is -1.08. The first-order valence-electron chi connectivity index (χ1n) is 7.22. The Bertz CT molecular complexity index is 939. The molecule has 0 aliphatic heterocycles. The van der Waals surface area contributed by atoms with Crippen molar-refractivity contribution in [2.24, 2.45) is 0 Å². The summed E-state index contributed by atoms with van der Waals surface area (Å²) in [4.78, 5) is 34.1. The van der Waals surface area contributed by atoms with Crippen LogP contribution in [0.3, 0.4) is 0 Å². The van der Waals surface area contributed by atoms with E-state index in [1.165, 1.54) is 43.5 Å². The van der Waals surface area contributed by atoms with Crippen LogP contribution < -0.4 is 5.32 Å². The maximum Gasteiger partial charge on any atom is 0.348 e. The number of esters is 1. The highest BCUT2D eigenvalue weighted by atomic mass is 32.1. The fourth-order valence-electron chi connectivity index (χ4n) is 2.06. The Morgan fingerprint density at radius 1 is 1.35 bits per heavy atom. The third kappa shape index (κ3) is 4.12. The normalized spacial score (nSPS) is 10.3. The molecule has 1 N–H and O–H groups in total. The maximum atomic E-state index is 12.1. The van der Waals surface area contributed by atoms with Crippen LogP contribution >= 0.6 is 11.3 Å². The third-order valence-corrected chi connectivity index (χ3v) is 4.58. The van der Waals surface area contributed by atoms with Gasteiger partial charge in [-0.25, -0.2) is 4.79 Å². The molecular weight excluding hydrogens is 358 g/mol. The molecule has 0 aliphatic rings. The smallest absolute Gasteiger partial charge is 0.348 e. The summed E-state index contributed by atoms with van der Waals surface area (Å²) in [5.41, 5.74) is 1.20. The van der Waals surface area contributed by atoms with Crippen molar-refractivity contribution in [3.05, 3.63) is 62.0 Å². The number of benzene rings is 1. The van der Waals surface area contributed by atoms with Crippen LogP contribution in [-0.4, -0.2) is 23.9 Å². The van der Waals surface area contributed by atoms with Gasteiger partial charge in [-0.15, -0.1) is 11.3 Å². The van der Waals surface area contributed by atoms with Crippen LogP contribution in [0.2, 0.25) is 0 Å². The summed E-state index contributed by atoms with van der Waals surface area (Å²) in [6.07, 6.45) is 2.71. The van der Waals surface area contributed by atoms with Crippen molar-refractivity contribution in [1.29, 1.82) is 5.26 Å². The largest absolute Gasteiger partial charge is 0.465 e. The van der Waals surface area contributed by atoms with Gasteiger partial charge in [-0.05, 0) is 36.3 Å². The first-order chi connectivity index (χ1) is 12.4. The quantitative estimate of drug-likeness (QED) is 0.372. The van der Waals surface area contributed by atoms with E-state index in [-0.39, 0.29) is 21.1 Å². The maximum absolute atomic E-state index is 12.1. The van der Waals surface area contributed by atoms with Crippen LogP contribution in [0, 0.1) is 28.4 Å². The predicted octanol–water partition coefficient (Wildman–Crippen LogP) is 3.27. The highest BCUT2D eigenvalue weighted by molar-refractivity contribution is 7.18. The number of non-ortho nitro benzene ring substituents is 1. The van der Waals surface area contributed by atoms with Gasteiger partial charge >= 0.3 is 5.97 Å². The molecule has 1 amide bonds. The number of amides is 1. The molecular formula is C17H13N3O5S. The van der Waals surface area contributed by atoms with Gasteiger partial charge in [-0.2, -0.15) is 5.26 Å². The highest BCUT2D eigenvalue weighted by Gasteiger charge is 2.21. The summed E-state index contributed by atoms with van der Waals surface area (Å²) >= 11 is 0.961. The van der Waals surface area contributed by atoms with Crippen molar-refractivity contribution in [2.45, 2.75) is 6.92 Å². The highest BCUT2D eigenvalue weighted by Crippen LogP contribution is 2.32. The van der Waals surface area contributed by atoms with Crippen LogP contribution in [0.4, 0.5) is 10.7 Å². The molecule has 9 heteroatoms. The lowest BCUT2D eigenvalue weighted by Gasteiger charge is -1.99. The Morgan fingerprint density at radius 3 is 2.54 bits per heavy atom. The molecule has 132 valence electrons. The molecule has 0 unspecified atom stereocenters. The molecule has 0 saturated heterocycles. The molecule has 1 aromatic carbocycles. The summed E-state index contributed by atoms with van der Waals surface area (Å²) in [6, 6.07) is 7.63. The number of carbonyl (C=O) groups is 2. The van der Waals surface area contributed by atoms with E-state index >= 15 is 0 Å². The number of hydrogen-bond donors (Lipinski definition) is 1. The van der Waals surface area contributed by atoms with Gasteiger partial charge in [-0.1, -0.05) is 0 Å². The van der Waals surface area contributed by atoms with Crippen molar-refractivity contribution in [1.82, 2.24) is 0 Å². The molecule has 0 radical (unpaired) electrons. The van der Waals surface area contributed by atoms with E-state index in [9.17, 15) is 25.0 Å². The summed E-state index contributed by atoms with van der Waals surface area (Å²) in [7, 11) is 1.23. The Hall–Kier alpha value is -3.51. The molecule has 0 atom stereocenters. The van der Waals surface area contributed by atoms with Crippen molar-refractivity contribution in [2.75, 3.05) is 12.4 Å². The Balaban J connectivity index is 2.16. The average molecular weight is 371 g/mol. The number of methoxy groups -OCH3 is 1. The second kappa shape index (κ2) is 8.04. The predicted molar refractivity (Wildman–Crippen MR) is 95.9 cm³/mol. The number of carbonyl (C=O) groups excluding carboxylic acids is 2. The summed E-state index contributed by atoms with van der Waals surface area (Å²) < 4.78 is 4.65. The minimum Gasteiger partial charge on any atom is -0.465 e. The number of nitro benzene ring substituents is 1. The standard InChI is InChI=1S/C17H13N3O5S/c1-10-13(9-18)16(26-15(10)17(22)25-2)19-14(21)8-5-11-3-6-12(7-4-11)20(23)24/h3-8H,1-2H3,(H,19,21). The summed E-state index contributed by atoms with van der Waals surface area (Å²) in [6.45, 7) is 1.60. The zero-order valence-corrected chi connectivity index (χ0v) is 14.6. The molecule has 2 rings (SSSR count). The monoisotopic (exact) mass is 371 g/mol. The number of ether oxygens (including phenoxy) is 1. The van der Waals surface area contributed by atoms with E-state index in [1.807, 2.05) is 6.07 Å². The number of nitrogens with one attached hydrogen (secondary N) is 1. The van der Waals surface area contributed by atoms with Gasteiger partial charge in [0.15, 0.2) is 0 Å². The second-order valence-electron chi connectivity index (χ2n) is 5.03. The second-order valence-corrected chi connectivity index (χ2v) is 6.06. The van der Waals surface area contributed by atoms with E-state index in [4.69, 9.17) is 0 Å². The van der Waals surface area contributed by atoms with Gasteiger partial charge in [0.1, 0.15) is 15.9 Å². The van der Waals surface area contributed by atoms with Crippen LogP contribution in [0.5, 0.6) is 0 Å². The lowest BCUT2D eigenvalue weighted by molar-refractivity contribution is -0.384. The van der Waals surface area contributed by atoms with Gasteiger partial charge in [0.2, 0.25) is 5.91 Å². The number of nitro groups is 1. The van der Waals surface area contributed by atoms with Gasteiger partial charge < -0.3 is 10.1 Å². The number of thiophene rings is 1. The number of nitriles is 1. The molecule has 0 bridgehead atoms. The van der Waals surface area contributed by atoms with Crippen LogP contribution in [0.1, 0.15) is 26.4 Å². The third-order valence-electron chi connectivity index (χ3n) is 3.40. The fourth-order valence-corrected chi connectivity index (χ4v) is 3.13. The van der Waals surface area contributed by atoms with E-state index in [0.717, 1.165) is 11.3 Å². The molecule has 1 heterocycles. The SMILES string of the molecule is COC(=O)c1sc(NC(=O)C=Cc2ccc([N+](=O)[O-])cc2)c(C#N)c1C. The zero-order valence-electron chi connectivity index (χ0n) is 13.8. The number of hydrogen-bond acceptors (Lipinski definition) is 7. The van der Waals surface area contributed by atoms with Crippen molar-refractivity contribution in [3.8, 4) is 6.07 Å². The van der Waals surface area contributed by atoms with Gasteiger partial charge in [0.05, 0.1) is 17.6 Å². The van der Waals surface area contributed by atoms with E-state index in [0.29, 0.717) is 11.1 Å². The molecule has 8 nitrogen and oxygen atoms in total. The Kier molecular flexibility index (Phi) is 5.82. The van der Waals surface area contributed by atoms with Gasteiger partial charge in [0.25, 0.3) is 5.69 Å². The van der Waals surface area contributed by atoms with Crippen LogP contribution in [0.25, 0.3) is 6.08 Å². The number of anilines is 1. The Morgan fingerprint density at radius 2 is 2.00 bits per heavy atom. The zero-order chi connectivity index (χ0) is 19.3. The van der Waals surface area contributed by atoms with Crippen LogP contribution in [-0.2, 0) is 9.53 Å². The number of rotatable bonds is 5. The molecule has 0 saturated carbocycles. The van der Waals surface area contributed by atoms with Gasteiger partial charge in [0, 0.05) is 18.2 Å². The molecule has 0 fully saturated rings. The topological polar surface area (TPSA) is 122 Å². The summed E-state index contributed by atoms with van der Waals surface area (Å²) in [5, 5.41) is 22.7. The number of nitrogens with zero attached hydrogens (tertiary/aromatic N) is 2. The van der Waals surface area contributed by atoms with Crippen molar-refractivity contribution >= 4 is 40.0 Å². The van der Waals surface area contributed by atoms with Crippen molar-refractivity contribution < 1.29 is 19.2 Å². The lowest BCUT2D eigenvalue weighted by atomic mass is 10.1. The molecule has 0 aliphatic carbocycles. The van der Waals surface area contributed by atoms with E-state index in [2.05, 4.69) is 10.1 Å². The van der Waals surface area contributed by atoms with E-state index in [1.54, 1.807) is 6.92 Å². The molecule has 0 spiro atoms. The van der Waals surface area contributed by atoms with Crippen LogP contribution in [0.15, 0.2) is 30.3 Å². The van der Waals surface area contributed by atoms with Gasteiger partial charge in [-0.3, -0.25) is 14.9 Å². The molecule has 2 aromatic rings. The fraction of sp³-hybridized carbons (Fsp3) is 0.118. The minimum atomic E-state index is -0.578. The molecule has 26 heavy (non-hydrogen) atoms. The van der Waals surface area contributed by atoms with E-state index < -0.39 is 16.8 Å². The molecule has 1 aromatic heterocycles. The first-order valence-corrected chi connectivity index (χ1v) is 8.04. The first kappa shape index (κ1) is 18.8. The average Bonchev–Trinajstić information content (AvgIpc) is 2.94. The lowest BCUT2D eigenvalue weighted by Crippen LogP contribution is -2.07. The Labute approximate surface area is 152 Å². The van der Waals surface area contributed by atoms with Crippen molar-refractivity contribution in [3.63, 3.8) is 0 Å².